The Balaban J connectivity index is 2.23. The SMILES string of the molecule is CCOc1ccc(C(=O)c2scnc2C)cc1. The minimum Gasteiger partial charge on any atom is -0.494 e. The lowest BCUT2D eigenvalue weighted by atomic mass is 10.1. The highest BCUT2D eigenvalue weighted by Gasteiger charge is 2.13. The minimum absolute atomic E-state index is 0.0213. The van der Waals surface area contributed by atoms with Crippen LogP contribution in [0.15, 0.2) is 29.8 Å². The maximum Gasteiger partial charge on any atom is 0.204 e. The van der Waals surface area contributed by atoms with Crippen molar-refractivity contribution in [2.24, 2.45) is 0 Å². The zero-order valence-corrected chi connectivity index (χ0v) is 10.6. The highest BCUT2D eigenvalue weighted by molar-refractivity contribution is 7.12. The van der Waals surface area contributed by atoms with Crippen LogP contribution in [0.5, 0.6) is 5.75 Å². The third-order valence-corrected chi connectivity index (χ3v) is 3.31. The Morgan fingerprint density at radius 2 is 2.06 bits per heavy atom. The molecular weight excluding hydrogens is 234 g/mol. The molecule has 0 atom stereocenters. The number of carbonyl (C=O) groups is 1. The van der Waals surface area contributed by atoms with E-state index in [1.165, 1.54) is 11.3 Å². The standard InChI is InChI=1S/C13H13NO2S/c1-3-16-11-6-4-10(5-7-11)12(15)13-9(2)14-8-17-13/h4-8H,3H2,1-2H3. The fourth-order valence-electron chi connectivity index (χ4n) is 1.52. The molecule has 0 aliphatic heterocycles. The second-order valence-corrected chi connectivity index (χ2v) is 4.41. The largest absolute Gasteiger partial charge is 0.494 e. The summed E-state index contributed by atoms with van der Waals surface area (Å²) in [5.74, 6) is 0.804. The molecular formula is C13H13NO2S. The number of nitrogens with zero attached hydrogens (tertiary/aromatic N) is 1. The summed E-state index contributed by atoms with van der Waals surface area (Å²) >= 11 is 1.38. The number of ether oxygens (including phenoxy) is 1. The smallest absolute Gasteiger partial charge is 0.204 e. The van der Waals surface area contributed by atoms with Gasteiger partial charge in [0.15, 0.2) is 0 Å². The van der Waals surface area contributed by atoms with E-state index >= 15 is 0 Å². The van der Waals surface area contributed by atoms with Crippen LogP contribution < -0.4 is 4.74 Å². The van der Waals surface area contributed by atoms with E-state index in [0.717, 1.165) is 11.4 Å². The number of hydrogen-bond acceptors (Lipinski definition) is 4. The van der Waals surface area contributed by atoms with Crippen LogP contribution in [0.4, 0.5) is 0 Å². The number of ketones is 1. The third-order valence-electron chi connectivity index (χ3n) is 2.38. The van der Waals surface area contributed by atoms with Crippen molar-refractivity contribution in [1.82, 2.24) is 4.98 Å². The summed E-state index contributed by atoms with van der Waals surface area (Å²) in [6.07, 6.45) is 0. The first-order valence-corrected chi connectivity index (χ1v) is 6.28. The molecule has 0 aliphatic carbocycles. The molecule has 3 nitrogen and oxygen atoms in total. The molecule has 0 N–H and O–H groups in total. The van der Waals surface area contributed by atoms with Crippen LogP contribution in [0.25, 0.3) is 0 Å². The van der Waals surface area contributed by atoms with E-state index in [1.54, 1.807) is 17.6 Å². The molecule has 0 amide bonds. The third kappa shape index (κ3) is 2.53. The summed E-state index contributed by atoms with van der Waals surface area (Å²) < 4.78 is 5.33. The monoisotopic (exact) mass is 247 g/mol. The number of benzene rings is 1. The fraction of sp³-hybridized carbons (Fsp3) is 0.231. The van der Waals surface area contributed by atoms with Crippen LogP contribution >= 0.6 is 11.3 Å². The van der Waals surface area contributed by atoms with Crippen molar-refractivity contribution < 1.29 is 9.53 Å². The molecule has 4 heteroatoms. The zero-order valence-electron chi connectivity index (χ0n) is 9.77. The van der Waals surface area contributed by atoms with Crippen LogP contribution in [-0.4, -0.2) is 17.4 Å². The maximum atomic E-state index is 12.1. The molecule has 0 saturated heterocycles. The molecule has 0 unspecified atom stereocenters. The van der Waals surface area contributed by atoms with Gasteiger partial charge in [-0.2, -0.15) is 0 Å². The topological polar surface area (TPSA) is 39.2 Å². The normalized spacial score (nSPS) is 10.2. The van der Waals surface area contributed by atoms with E-state index in [4.69, 9.17) is 4.74 Å². The fourth-order valence-corrected chi connectivity index (χ4v) is 2.28. The summed E-state index contributed by atoms with van der Waals surface area (Å²) in [7, 11) is 0. The van der Waals surface area contributed by atoms with Gasteiger partial charge < -0.3 is 4.74 Å². The van der Waals surface area contributed by atoms with Crippen molar-refractivity contribution in [3.8, 4) is 5.75 Å². The van der Waals surface area contributed by atoms with Crippen molar-refractivity contribution in [2.75, 3.05) is 6.61 Å². The predicted octanol–water partition coefficient (Wildman–Crippen LogP) is 3.08. The molecule has 0 radical (unpaired) electrons. The first-order valence-electron chi connectivity index (χ1n) is 5.40. The maximum absolute atomic E-state index is 12.1. The van der Waals surface area contributed by atoms with Crippen LogP contribution in [0.2, 0.25) is 0 Å². The Kier molecular flexibility index (Phi) is 3.54. The zero-order chi connectivity index (χ0) is 12.3. The van der Waals surface area contributed by atoms with Gasteiger partial charge in [-0.15, -0.1) is 11.3 Å². The molecule has 0 fully saturated rings. The number of rotatable bonds is 4. The van der Waals surface area contributed by atoms with Gasteiger partial charge in [0.2, 0.25) is 5.78 Å². The molecule has 1 aromatic heterocycles. The van der Waals surface area contributed by atoms with Crippen molar-refractivity contribution in [1.29, 1.82) is 0 Å². The lowest BCUT2D eigenvalue weighted by Gasteiger charge is -2.03. The van der Waals surface area contributed by atoms with Gasteiger partial charge in [0.05, 0.1) is 22.7 Å². The van der Waals surface area contributed by atoms with Gasteiger partial charge in [0.25, 0.3) is 0 Å². The quantitative estimate of drug-likeness (QED) is 0.779. The van der Waals surface area contributed by atoms with E-state index in [0.29, 0.717) is 17.0 Å². The lowest BCUT2D eigenvalue weighted by molar-refractivity contribution is 0.104. The summed E-state index contributed by atoms with van der Waals surface area (Å²) in [5.41, 5.74) is 3.15. The molecule has 1 aromatic carbocycles. The van der Waals surface area contributed by atoms with Crippen molar-refractivity contribution in [2.45, 2.75) is 13.8 Å². The van der Waals surface area contributed by atoms with E-state index in [-0.39, 0.29) is 5.78 Å². The Morgan fingerprint density at radius 1 is 1.35 bits per heavy atom. The first kappa shape index (κ1) is 11.8. The average molecular weight is 247 g/mol. The molecule has 88 valence electrons. The van der Waals surface area contributed by atoms with E-state index in [1.807, 2.05) is 26.0 Å². The summed E-state index contributed by atoms with van der Waals surface area (Å²) in [4.78, 5) is 16.9. The van der Waals surface area contributed by atoms with E-state index in [2.05, 4.69) is 4.98 Å². The molecule has 0 spiro atoms. The number of aryl methyl sites for hydroxylation is 1. The van der Waals surface area contributed by atoms with Crippen LogP contribution in [0, 0.1) is 6.92 Å². The summed E-state index contributed by atoms with van der Waals surface area (Å²) in [6, 6.07) is 7.19. The molecule has 2 rings (SSSR count). The second kappa shape index (κ2) is 5.10. The average Bonchev–Trinajstić information content (AvgIpc) is 2.76. The highest BCUT2D eigenvalue weighted by atomic mass is 32.1. The lowest BCUT2D eigenvalue weighted by Crippen LogP contribution is -2.01. The highest BCUT2D eigenvalue weighted by Crippen LogP contribution is 2.19. The number of carbonyl (C=O) groups excluding carboxylic acids is 1. The molecule has 2 aromatic rings. The van der Waals surface area contributed by atoms with E-state index < -0.39 is 0 Å². The van der Waals surface area contributed by atoms with Gasteiger partial charge in [-0.1, -0.05) is 0 Å². The van der Waals surface area contributed by atoms with Crippen LogP contribution in [0.1, 0.15) is 27.9 Å². The van der Waals surface area contributed by atoms with Crippen molar-refractivity contribution >= 4 is 17.1 Å². The number of hydrogen-bond donors (Lipinski definition) is 0. The molecule has 0 bridgehead atoms. The van der Waals surface area contributed by atoms with Crippen LogP contribution in [-0.2, 0) is 0 Å². The number of thiazole rings is 1. The van der Waals surface area contributed by atoms with Gasteiger partial charge in [0, 0.05) is 5.56 Å². The van der Waals surface area contributed by atoms with Crippen LogP contribution in [0.3, 0.4) is 0 Å². The van der Waals surface area contributed by atoms with Gasteiger partial charge in [-0.3, -0.25) is 4.79 Å². The molecule has 17 heavy (non-hydrogen) atoms. The minimum atomic E-state index is 0.0213. The van der Waals surface area contributed by atoms with E-state index in [9.17, 15) is 4.79 Å². The Bertz CT molecular complexity index is 516. The van der Waals surface area contributed by atoms with Crippen molar-refractivity contribution in [3.63, 3.8) is 0 Å². The molecule has 0 saturated carbocycles. The number of aromatic nitrogens is 1. The molecule has 1 heterocycles. The summed E-state index contributed by atoms with van der Waals surface area (Å²) in [6.45, 7) is 4.40. The van der Waals surface area contributed by atoms with Gasteiger partial charge >= 0.3 is 0 Å². The van der Waals surface area contributed by atoms with Gasteiger partial charge in [0.1, 0.15) is 5.75 Å². The summed E-state index contributed by atoms with van der Waals surface area (Å²) in [5, 5.41) is 0. The Hall–Kier alpha value is -1.68. The van der Waals surface area contributed by atoms with Gasteiger partial charge in [-0.05, 0) is 38.1 Å². The first-order chi connectivity index (χ1) is 8.22. The van der Waals surface area contributed by atoms with Gasteiger partial charge in [-0.25, -0.2) is 4.98 Å². The second-order valence-electron chi connectivity index (χ2n) is 3.55. The Labute approximate surface area is 104 Å². The molecule has 0 aliphatic rings. The Morgan fingerprint density at radius 3 is 2.59 bits per heavy atom. The predicted molar refractivity (Wildman–Crippen MR) is 67.9 cm³/mol. The van der Waals surface area contributed by atoms with Crippen molar-refractivity contribution in [3.05, 3.63) is 45.9 Å².